The van der Waals surface area contributed by atoms with E-state index in [1.54, 1.807) is 0 Å². The van der Waals surface area contributed by atoms with Gasteiger partial charge >= 0.3 is 11.9 Å². The van der Waals surface area contributed by atoms with E-state index >= 15 is 0 Å². The number of hydrogen-bond acceptors (Lipinski definition) is 5. The number of amides is 1. The first kappa shape index (κ1) is 21.6. The van der Waals surface area contributed by atoms with Crippen LogP contribution in [-0.4, -0.2) is 41.6 Å². The van der Waals surface area contributed by atoms with E-state index in [0.717, 1.165) is 5.56 Å². The van der Waals surface area contributed by atoms with E-state index < -0.39 is 36.4 Å². The molecule has 1 aromatic carbocycles. The number of carbonyl (C=O) groups excluding carboxylic acids is 2. The fourth-order valence-corrected chi connectivity index (χ4v) is 2.16. The second-order valence-electron chi connectivity index (χ2n) is 7.43. The summed E-state index contributed by atoms with van der Waals surface area (Å²) in [7, 11) is 0. The van der Waals surface area contributed by atoms with Gasteiger partial charge in [-0.3, -0.25) is 9.59 Å². The van der Waals surface area contributed by atoms with Crippen molar-refractivity contribution >= 4 is 17.8 Å². The van der Waals surface area contributed by atoms with E-state index in [0.29, 0.717) is 6.42 Å². The monoisotopic (exact) mass is 364 g/mol. The molecule has 0 aliphatic carbocycles. The molecule has 4 N–H and O–H groups in total. The Morgan fingerprint density at radius 2 is 1.81 bits per heavy atom. The number of hydrogen-bond donors (Lipinski definition) is 3. The molecule has 0 spiro atoms. The zero-order valence-corrected chi connectivity index (χ0v) is 15.5. The molecule has 0 saturated heterocycles. The van der Waals surface area contributed by atoms with Gasteiger partial charge in [0.1, 0.15) is 6.04 Å². The molecular formula is C19H28N2O5. The van der Waals surface area contributed by atoms with Crippen molar-refractivity contribution in [2.75, 3.05) is 6.61 Å². The molecular weight excluding hydrogens is 336 g/mol. The number of nitrogens with two attached hydrogens (primary N) is 1. The van der Waals surface area contributed by atoms with E-state index in [1.807, 2.05) is 51.1 Å². The maximum Gasteiger partial charge on any atom is 0.328 e. The third kappa shape index (κ3) is 8.62. The predicted octanol–water partition coefficient (Wildman–Crippen LogP) is 1.50. The minimum Gasteiger partial charge on any atom is -0.481 e. The van der Waals surface area contributed by atoms with E-state index in [2.05, 4.69) is 5.32 Å². The first-order chi connectivity index (χ1) is 12.1. The maximum atomic E-state index is 12.4. The summed E-state index contributed by atoms with van der Waals surface area (Å²) in [5.41, 5.74) is 6.43. The smallest absolute Gasteiger partial charge is 0.328 e. The van der Waals surface area contributed by atoms with Gasteiger partial charge in [0.2, 0.25) is 5.91 Å². The van der Waals surface area contributed by atoms with Crippen molar-refractivity contribution < 1.29 is 24.2 Å². The quantitative estimate of drug-likeness (QED) is 0.571. The van der Waals surface area contributed by atoms with Crippen LogP contribution in [0.25, 0.3) is 0 Å². The Bertz CT molecular complexity index is 610. The number of nitrogens with one attached hydrogen (secondary N) is 1. The highest BCUT2D eigenvalue weighted by Crippen LogP contribution is 2.18. The number of carbonyl (C=O) groups is 3. The van der Waals surface area contributed by atoms with E-state index in [1.165, 1.54) is 0 Å². The average Bonchev–Trinajstić information content (AvgIpc) is 2.53. The molecule has 0 aromatic heterocycles. The Balaban J connectivity index is 2.76. The molecule has 0 aliphatic rings. The predicted molar refractivity (Wildman–Crippen MR) is 97.3 cm³/mol. The minimum absolute atomic E-state index is 0.0162. The molecule has 1 aromatic rings. The first-order valence-corrected chi connectivity index (χ1v) is 8.57. The molecule has 144 valence electrons. The third-order valence-corrected chi connectivity index (χ3v) is 3.71. The Labute approximate surface area is 153 Å². The zero-order valence-electron chi connectivity index (χ0n) is 15.5. The Kier molecular flexibility index (Phi) is 8.25. The van der Waals surface area contributed by atoms with Gasteiger partial charge in [0.05, 0.1) is 19.1 Å². The minimum atomic E-state index is -1.23. The van der Waals surface area contributed by atoms with Gasteiger partial charge in [-0.1, -0.05) is 51.1 Å². The molecule has 0 bridgehead atoms. The molecule has 1 rings (SSSR count). The summed E-state index contributed by atoms with van der Waals surface area (Å²) in [4.78, 5) is 35.2. The lowest BCUT2D eigenvalue weighted by Crippen LogP contribution is -2.50. The van der Waals surface area contributed by atoms with Crippen LogP contribution in [0.5, 0.6) is 0 Å². The number of rotatable bonds is 9. The molecule has 0 aliphatic heterocycles. The zero-order chi connectivity index (χ0) is 19.7. The highest BCUT2D eigenvalue weighted by Gasteiger charge is 2.26. The van der Waals surface area contributed by atoms with Crippen LogP contribution in [0.3, 0.4) is 0 Å². The topological polar surface area (TPSA) is 119 Å². The largest absolute Gasteiger partial charge is 0.481 e. The van der Waals surface area contributed by atoms with Gasteiger partial charge in [-0.15, -0.1) is 0 Å². The molecule has 0 heterocycles. The molecule has 1 amide bonds. The van der Waals surface area contributed by atoms with Crippen LogP contribution < -0.4 is 11.1 Å². The molecule has 2 atom stereocenters. The number of carboxylic acids is 1. The lowest BCUT2D eigenvalue weighted by Gasteiger charge is -2.22. The van der Waals surface area contributed by atoms with E-state index in [-0.39, 0.29) is 18.4 Å². The van der Waals surface area contributed by atoms with Gasteiger partial charge < -0.3 is 20.9 Å². The number of aliphatic carboxylic acids is 1. The fraction of sp³-hybridized carbons (Fsp3) is 0.526. The summed E-state index contributed by atoms with van der Waals surface area (Å²) >= 11 is 0. The SMILES string of the molecule is CC(C)(C)CCOC(=O)[C@H](Cc1ccccc1)NC(=O)[C@@H](N)CC(=O)O. The standard InChI is InChI=1S/C19H28N2O5/c1-19(2,3)9-10-26-18(25)15(11-13-7-5-4-6-8-13)21-17(24)14(20)12-16(22)23/h4-8,14-15H,9-12,20H2,1-3H3,(H,21,24)(H,22,23)/t14-,15-/m0/s1. The highest BCUT2D eigenvalue weighted by molar-refractivity contribution is 5.89. The Morgan fingerprint density at radius 1 is 1.19 bits per heavy atom. The van der Waals surface area contributed by atoms with Crippen molar-refractivity contribution in [3.8, 4) is 0 Å². The summed E-state index contributed by atoms with van der Waals surface area (Å²) in [6.45, 7) is 6.35. The summed E-state index contributed by atoms with van der Waals surface area (Å²) in [6.07, 6.45) is 0.410. The van der Waals surface area contributed by atoms with Crippen molar-refractivity contribution in [1.82, 2.24) is 5.32 Å². The van der Waals surface area contributed by atoms with Crippen LogP contribution in [0.4, 0.5) is 0 Å². The van der Waals surface area contributed by atoms with Gasteiger partial charge in [0.25, 0.3) is 0 Å². The summed E-state index contributed by atoms with van der Waals surface area (Å²) in [5, 5.41) is 11.3. The number of esters is 1. The van der Waals surface area contributed by atoms with E-state index in [9.17, 15) is 14.4 Å². The molecule has 7 nitrogen and oxygen atoms in total. The highest BCUT2D eigenvalue weighted by atomic mass is 16.5. The maximum absolute atomic E-state index is 12.4. The van der Waals surface area contributed by atoms with Gasteiger partial charge in [0, 0.05) is 6.42 Å². The summed E-state index contributed by atoms with van der Waals surface area (Å²) < 4.78 is 5.30. The van der Waals surface area contributed by atoms with Crippen molar-refractivity contribution in [2.24, 2.45) is 11.1 Å². The van der Waals surface area contributed by atoms with Gasteiger partial charge in [0.15, 0.2) is 0 Å². The molecule has 0 fully saturated rings. The van der Waals surface area contributed by atoms with Crippen molar-refractivity contribution in [3.05, 3.63) is 35.9 Å². The van der Waals surface area contributed by atoms with Crippen LogP contribution in [0.1, 0.15) is 39.2 Å². The van der Waals surface area contributed by atoms with Crippen LogP contribution in [0, 0.1) is 5.41 Å². The second kappa shape index (κ2) is 9.91. The van der Waals surface area contributed by atoms with Crippen LogP contribution >= 0.6 is 0 Å². The Morgan fingerprint density at radius 3 is 2.35 bits per heavy atom. The van der Waals surface area contributed by atoms with Crippen molar-refractivity contribution in [2.45, 2.75) is 52.1 Å². The van der Waals surface area contributed by atoms with Gasteiger partial charge in [-0.2, -0.15) is 0 Å². The van der Waals surface area contributed by atoms with Crippen LogP contribution in [-0.2, 0) is 25.5 Å². The average molecular weight is 364 g/mol. The van der Waals surface area contributed by atoms with Gasteiger partial charge in [-0.25, -0.2) is 4.79 Å². The molecule has 7 heteroatoms. The first-order valence-electron chi connectivity index (χ1n) is 8.57. The summed E-state index contributed by atoms with van der Waals surface area (Å²) in [6, 6.07) is 7.02. The number of benzene rings is 1. The molecule has 26 heavy (non-hydrogen) atoms. The lowest BCUT2D eigenvalue weighted by atomic mass is 9.93. The van der Waals surface area contributed by atoms with E-state index in [4.69, 9.17) is 15.6 Å². The van der Waals surface area contributed by atoms with Gasteiger partial charge in [-0.05, 0) is 17.4 Å². The van der Waals surface area contributed by atoms with Crippen LogP contribution in [0.2, 0.25) is 0 Å². The normalized spacial score (nSPS) is 13.5. The third-order valence-electron chi connectivity index (χ3n) is 3.71. The number of ether oxygens (including phenoxy) is 1. The number of carboxylic acid groups (broad SMARTS) is 1. The Hall–Kier alpha value is -2.41. The molecule has 0 unspecified atom stereocenters. The lowest BCUT2D eigenvalue weighted by molar-refractivity contribution is -0.148. The van der Waals surface area contributed by atoms with Crippen LogP contribution in [0.15, 0.2) is 30.3 Å². The summed E-state index contributed by atoms with van der Waals surface area (Å²) in [5.74, 6) is -2.44. The van der Waals surface area contributed by atoms with Crippen molar-refractivity contribution in [1.29, 1.82) is 0 Å². The van der Waals surface area contributed by atoms with Crippen molar-refractivity contribution in [3.63, 3.8) is 0 Å². The fourth-order valence-electron chi connectivity index (χ4n) is 2.16. The molecule has 0 saturated carbocycles. The second-order valence-corrected chi connectivity index (χ2v) is 7.43. The molecule has 0 radical (unpaired) electrons.